The van der Waals surface area contributed by atoms with Crippen LogP contribution in [0.3, 0.4) is 0 Å². The monoisotopic (exact) mass is 387 g/mol. The summed E-state index contributed by atoms with van der Waals surface area (Å²) in [6, 6.07) is 15.6. The molecule has 1 unspecified atom stereocenters. The number of amides is 2. The summed E-state index contributed by atoms with van der Waals surface area (Å²) in [6.07, 6.45) is 2.42. The molecule has 0 bridgehead atoms. The molecule has 1 heterocycles. The summed E-state index contributed by atoms with van der Waals surface area (Å²) in [7, 11) is 0. The lowest BCUT2D eigenvalue weighted by atomic mass is 10.1. The fourth-order valence-electron chi connectivity index (χ4n) is 3.07. The molecule has 0 radical (unpaired) electrons. The highest BCUT2D eigenvalue weighted by Gasteiger charge is 2.17. The van der Waals surface area contributed by atoms with Gasteiger partial charge in [-0.2, -0.15) is 0 Å². The second-order valence-corrected chi connectivity index (χ2v) is 6.91. The van der Waals surface area contributed by atoms with Crippen LogP contribution in [0.15, 0.2) is 53.0 Å². The molecule has 0 saturated carbocycles. The summed E-state index contributed by atoms with van der Waals surface area (Å²) < 4.78 is 0.996. The average molecular weight is 388 g/mol. The van der Waals surface area contributed by atoms with Crippen LogP contribution in [0.4, 0.5) is 16.2 Å². The molecular weight excluding hydrogens is 366 g/mol. The minimum absolute atomic E-state index is 0.0838. The SMILES string of the molecule is CC(NC(=O)Nc1ccccc1N1CCCC1)c1ccccc1Br. The molecule has 4 nitrogen and oxygen atoms in total. The Kier molecular flexibility index (Phi) is 5.41. The van der Waals surface area contributed by atoms with Crippen LogP contribution < -0.4 is 15.5 Å². The average Bonchev–Trinajstić information content (AvgIpc) is 3.10. The van der Waals surface area contributed by atoms with E-state index in [9.17, 15) is 4.79 Å². The Morgan fingerprint density at radius 3 is 2.50 bits per heavy atom. The van der Waals surface area contributed by atoms with E-state index in [2.05, 4.69) is 37.5 Å². The summed E-state index contributed by atoms with van der Waals surface area (Å²) in [5, 5.41) is 6.01. The third-order valence-corrected chi connectivity index (χ3v) is 5.04. The number of hydrogen-bond acceptors (Lipinski definition) is 2. The van der Waals surface area contributed by atoms with E-state index < -0.39 is 0 Å². The maximum atomic E-state index is 12.4. The number of nitrogens with zero attached hydrogens (tertiary/aromatic N) is 1. The number of halogens is 1. The van der Waals surface area contributed by atoms with Gasteiger partial charge in [0.05, 0.1) is 17.4 Å². The van der Waals surface area contributed by atoms with Crippen LogP contribution in [-0.2, 0) is 0 Å². The molecule has 1 aliphatic heterocycles. The first-order valence-electron chi connectivity index (χ1n) is 8.31. The molecule has 1 aliphatic rings. The zero-order valence-corrected chi connectivity index (χ0v) is 15.3. The van der Waals surface area contributed by atoms with Gasteiger partial charge < -0.3 is 15.5 Å². The van der Waals surface area contributed by atoms with Crippen molar-refractivity contribution in [3.8, 4) is 0 Å². The molecule has 1 atom stereocenters. The maximum Gasteiger partial charge on any atom is 0.319 e. The molecular formula is C19H22BrN3O. The predicted molar refractivity (Wildman–Crippen MR) is 103 cm³/mol. The Morgan fingerprint density at radius 2 is 1.75 bits per heavy atom. The molecule has 0 aromatic heterocycles. The van der Waals surface area contributed by atoms with E-state index in [1.54, 1.807) is 0 Å². The van der Waals surface area contributed by atoms with Crippen molar-refractivity contribution in [3.05, 3.63) is 58.6 Å². The van der Waals surface area contributed by atoms with Crippen LogP contribution >= 0.6 is 15.9 Å². The predicted octanol–water partition coefficient (Wildman–Crippen LogP) is 4.93. The topological polar surface area (TPSA) is 44.4 Å². The number of hydrogen-bond donors (Lipinski definition) is 2. The Hall–Kier alpha value is -2.01. The first kappa shape index (κ1) is 16.8. The second-order valence-electron chi connectivity index (χ2n) is 6.05. The van der Waals surface area contributed by atoms with E-state index in [1.165, 1.54) is 12.8 Å². The molecule has 2 aromatic rings. The van der Waals surface area contributed by atoms with Crippen LogP contribution in [0.1, 0.15) is 31.4 Å². The smallest absolute Gasteiger partial charge is 0.319 e. The van der Waals surface area contributed by atoms with Crippen molar-refractivity contribution in [2.75, 3.05) is 23.3 Å². The van der Waals surface area contributed by atoms with E-state index in [1.807, 2.05) is 49.4 Å². The summed E-state index contributed by atoms with van der Waals surface area (Å²) in [4.78, 5) is 14.7. The molecule has 2 amide bonds. The van der Waals surface area contributed by atoms with Crippen LogP contribution in [0.25, 0.3) is 0 Å². The summed E-state index contributed by atoms with van der Waals surface area (Å²) in [6.45, 7) is 4.08. The van der Waals surface area contributed by atoms with Gasteiger partial charge in [0, 0.05) is 17.6 Å². The molecule has 2 aromatic carbocycles. The lowest BCUT2D eigenvalue weighted by Gasteiger charge is -2.22. The molecule has 1 saturated heterocycles. The van der Waals surface area contributed by atoms with Crippen LogP contribution in [0.2, 0.25) is 0 Å². The fourth-order valence-corrected chi connectivity index (χ4v) is 3.70. The lowest BCUT2D eigenvalue weighted by Crippen LogP contribution is -2.32. The van der Waals surface area contributed by atoms with E-state index in [-0.39, 0.29) is 12.1 Å². The highest BCUT2D eigenvalue weighted by molar-refractivity contribution is 9.10. The van der Waals surface area contributed by atoms with Crippen molar-refractivity contribution in [1.29, 1.82) is 0 Å². The van der Waals surface area contributed by atoms with Crippen LogP contribution in [0.5, 0.6) is 0 Å². The van der Waals surface area contributed by atoms with E-state index in [4.69, 9.17) is 0 Å². The summed E-state index contributed by atoms with van der Waals surface area (Å²) in [5.41, 5.74) is 3.01. The molecule has 126 valence electrons. The standard InChI is InChI=1S/C19H22BrN3O/c1-14(15-8-2-3-9-16(15)20)21-19(24)22-17-10-4-5-11-18(17)23-12-6-7-13-23/h2-5,8-11,14H,6-7,12-13H2,1H3,(H2,21,22,24). The maximum absolute atomic E-state index is 12.4. The minimum Gasteiger partial charge on any atom is -0.370 e. The Balaban J connectivity index is 1.68. The normalized spacial score (nSPS) is 15.2. The van der Waals surface area contributed by atoms with Gasteiger partial charge in [-0.25, -0.2) is 4.79 Å². The number of carbonyl (C=O) groups is 1. The zero-order valence-electron chi connectivity index (χ0n) is 13.8. The Labute approximate surface area is 151 Å². The van der Waals surface area contributed by atoms with E-state index in [0.717, 1.165) is 34.5 Å². The van der Waals surface area contributed by atoms with Crippen molar-refractivity contribution >= 4 is 33.3 Å². The highest BCUT2D eigenvalue weighted by atomic mass is 79.9. The van der Waals surface area contributed by atoms with E-state index >= 15 is 0 Å². The van der Waals surface area contributed by atoms with Crippen molar-refractivity contribution in [2.24, 2.45) is 0 Å². The van der Waals surface area contributed by atoms with Gasteiger partial charge in [-0.15, -0.1) is 0 Å². The largest absolute Gasteiger partial charge is 0.370 e. The Morgan fingerprint density at radius 1 is 1.08 bits per heavy atom. The van der Waals surface area contributed by atoms with Crippen molar-refractivity contribution in [1.82, 2.24) is 5.32 Å². The fraction of sp³-hybridized carbons (Fsp3) is 0.316. The van der Waals surface area contributed by atoms with Gasteiger partial charge in [0.25, 0.3) is 0 Å². The third kappa shape index (κ3) is 3.90. The summed E-state index contributed by atoms with van der Waals surface area (Å²) >= 11 is 3.53. The molecule has 2 N–H and O–H groups in total. The van der Waals surface area contributed by atoms with Crippen molar-refractivity contribution < 1.29 is 4.79 Å². The van der Waals surface area contributed by atoms with Crippen molar-refractivity contribution in [2.45, 2.75) is 25.8 Å². The number of para-hydroxylation sites is 2. The second kappa shape index (κ2) is 7.71. The van der Waals surface area contributed by atoms with E-state index in [0.29, 0.717) is 0 Å². The van der Waals surface area contributed by atoms with Gasteiger partial charge in [-0.05, 0) is 43.5 Å². The van der Waals surface area contributed by atoms with Gasteiger partial charge in [-0.1, -0.05) is 46.3 Å². The van der Waals surface area contributed by atoms with Gasteiger partial charge in [0.15, 0.2) is 0 Å². The van der Waals surface area contributed by atoms with Gasteiger partial charge in [-0.3, -0.25) is 0 Å². The van der Waals surface area contributed by atoms with Gasteiger partial charge in [0.1, 0.15) is 0 Å². The number of anilines is 2. The summed E-state index contributed by atoms with van der Waals surface area (Å²) in [5.74, 6) is 0. The Bertz CT molecular complexity index is 713. The number of nitrogens with one attached hydrogen (secondary N) is 2. The quantitative estimate of drug-likeness (QED) is 0.780. The van der Waals surface area contributed by atoms with Crippen LogP contribution in [-0.4, -0.2) is 19.1 Å². The lowest BCUT2D eigenvalue weighted by molar-refractivity contribution is 0.249. The van der Waals surface area contributed by atoms with Gasteiger partial charge in [0.2, 0.25) is 0 Å². The first-order chi connectivity index (χ1) is 11.6. The molecule has 1 fully saturated rings. The molecule has 24 heavy (non-hydrogen) atoms. The molecule has 5 heteroatoms. The van der Waals surface area contributed by atoms with Crippen molar-refractivity contribution in [3.63, 3.8) is 0 Å². The highest BCUT2D eigenvalue weighted by Crippen LogP contribution is 2.29. The number of benzene rings is 2. The number of urea groups is 1. The third-order valence-electron chi connectivity index (χ3n) is 4.32. The minimum atomic E-state index is -0.190. The van der Waals surface area contributed by atoms with Crippen LogP contribution in [0, 0.1) is 0 Å². The van der Waals surface area contributed by atoms with Gasteiger partial charge >= 0.3 is 6.03 Å². The molecule has 3 rings (SSSR count). The number of carbonyl (C=O) groups excluding carboxylic acids is 1. The first-order valence-corrected chi connectivity index (χ1v) is 9.10. The number of rotatable bonds is 4. The molecule has 0 spiro atoms. The zero-order chi connectivity index (χ0) is 16.9. The molecule has 0 aliphatic carbocycles.